The van der Waals surface area contributed by atoms with Crippen molar-refractivity contribution in [3.8, 4) is 0 Å². The van der Waals surface area contributed by atoms with Crippen molar-refractivity contribution in [2.45, 2.75) is 13.0 Å². The van der Waals surface area contributed by atoms with Crippen molar-refractivity contribution in [2.24, 2.45) is 0 Å². The zero-order valence-electron chi connectivity index (χ0n) is 16.4. The predicted octanol–water partition coefficient (Wildman–Crippen LogP) is 3.27. The Morgan fingerprint density at radius 2 is 1.86 bits per heavy atom. The van der Waals surface area contributed by atoms with Crippen molar-refractivity contribution in [2.75, 3.05) is 20.6 Å². The fraction of sp³-hybridized carbons (Fsp3) is 0.217. The first-order valence-electron chi connectivity index (χ1n) is 9.25. The second kappa shape index (κ2) is 8.67. The Balaban J connectivity index is 1.68. The quantitative estimate of drug-likeness (QED) is 0.650. The minimum absolute atomic E-state index is 0.0713. The molecule has 1 amide bonds. The highest BCUT2D eigenvalue weighted by molar-refractivity contribution is 5.92. The number of H-pyrrole nitrogens is 1. The largest absolute Gasteiger partial charge is 0.351 e. The number of aryl methyl sites for hydroxylation is 1. The number of nitrogens with one attached hydrogen (secondary N) is 2. The average molecular weight is 375 g/mol. The van der Waals surface area contributed by atoms with Gasteiger partial charge >= 0.3 is 0 Å². The molecule has 5 heteroatoms. The predicted molar refractivity (Wildman–Crippen MR) is 114 cm³/mol. The van der Waals surface area contributed by atoms with Gasteiger partial charge in [0.05, 0.1) is 6.04 Å². The number of aromatic nitrogens is 1. The van der Waals surface area contributed by atoms with Gasteiger partial charge in [0, 0.05) is 23.7 Å². The van der Waals surface area contributed by atoms with E-state index in [1.807, 2.05) is 38.4 Å². The minimum Gasteiger partial charge on any atom is -0.351 e. The van der Waals surface area contributed by atoms with Gasteiger partial charge in [-0.25, -0.2) is 0 Å². The molecule has 1 aromatic heterocycles. The number of fused-ring (bicyclic) bond motifs is 1. The Bertz CT molecular complexity index is 1050. The van der Waals surface area contributed by atoms with Crippen LogP contribution in [0.25, 0.3) is 17.0 Å². The molecular weight excluding hydrogens is 350 g/mol. The van der Waals surface area contributed by atoms with Gasteiger partial charge in [0.25, 0.3) is 5.56 Å². The molecule has 28 heavy (non-hydrogen) atoms. The van der Waals surface area contributed by atoms with E-state index in [1.54, 1.807) is 12.1 Å². The van der Waals surface area contributed by atoms with E-state index >= 15 is 0 Å². The Labute approximate surface area is 164 Å². The van der Waals surface area contributed by atoms with E-state index < -0.39 is 0 Å². The highest BCUT2D eigenvalue weighted by Crippen LogP contribution is 2.18. The fourth-order valence-electron chi connectivity index (χ4n) is 3.10. The molecule has 0 aliphatic carbocycles. The maximum absolute atomic E-state index is 12.3. The second-order valence-electron chi connectivity index (χ2n) is 7.11. The zero-order valence-corrected chi connectivity index (χ0v) is 16.4. The van der Waals surface area contributed by atoms with Crippen molar-refractivity contribution in [3.05, 3.63) is 87.7 Å². The van der Waals surface area contributed by atoms with E-state index in [2.05, 4.69) is 46.4 Å². The average Bonchev–Trinajstić information content (AvgIpc) is 2.67. The SMILES string of the molecule is Cc1ccc(C(CNC(=O)/C=C/c2cc3ccccc3[nH]c2=O)N(C)C)cc1. The number of pyridine rings is 1. The van der Waals surface area contributed by atoms with Gasteiger partial charge in [0.1, 0.15) is 0 Å². The van der Waals surface area contributed by atoms with Gasteiger partial charge in [-0.1, -0.05) is 48.0 Å². The summed E-state index contributed by atoms with van der Waals surface area (Å²) in [6.45, 7) is 2.53. The third-order valence-corrected chi connectivity index (χ3v) is 4.75. The van der Waals surface area contributed by atoms with Crippen LogP contribution in [0.15, 0.2) is 65.5 Å². The zero-order chi connectivity index (χ0) is 20.1. The van der Waals surface area contributed by atoms with Crippen molar-refractivity contribution in [1.29, 1.82) is 0 Å². The number of rotatable bonds is 6. The number of benzene rings is 2. The fourth-order valence-corrected chi connectivity index (χ4v) is 3.10. The third kappa shape index (κ3) is 4.75. The van der Waals surface area contributed by atoms with E-state index in [1.165, 1.54) is 11.6 Å². The number of likely N-dealkylation sites (N-methyl/N-ethyl adjacent to an activating group) is 1. The summed E-state index contributed by atoms with van der Waals surface area (Å²) in [6.07, 6.45) is 2.96. The molecule has 0 aliphatic heterocycles. The van der Waals surface area contributed by atoms with Gasteiger partial charge in [0.15, 0.2) is 0 Å². The van der Waals surface area contributed by atoms with Crippen molar-refractivity contribution in [1.82, 2.24) is 15.2 Å². The molecule has 0 bridgehead atoms. The number of nitrogens with zero attached hydrogens (tertiary/aromatic N) is 1. The lowest BCUT2D eigenvalue weighted by molar-refractivity contribution is -0.116. The number of aromatic amines is 1. The molecule has 3 rings (SSSR count). The summed E-state index contributed by atoms with van der Waals surface area (Å²) < 4.78 is 0. The number of carbonyl (C=O) groups excluding carboxylic acids is 1. The first-order chi connectivity index (χ1) is 13.4. The molecule has 0 aliphatic rings. The first kappa shape index (κ1) is 19.6. The summed E-state index contributed by atoms with van der Waals surface area (Å²) in [5, 5.41) is 3.85. The minimum atomic E-state index is -0.230. The van der Waals surface area contributed by atoms with E-state index in [9.17, 15) is 9.59 Å². The van der Waals surface area contributed by atoms with Crippen LogP contribution in [0.4, 0.5) is 0 Å². The van der Waals surface area contributed by atoms with E-state index in [-0.39, 0.29) is 17.5 Å². The van der Waals surface area contributed by atoms with Gasteiger partial charge < -0.3 is 15.2 Å². The summed E-state index contributed by atoms with van der Waals surface area (Å²) in [5.41, 5.74) is 3.37. The van der Waals surface area contributed by atoms with Crippen LogP contribution < -0.4 is 10.9 Å². The molecule has 2 N–H and O–H groups in total. The van der Waals surface area contributed by atoms with Gasteiger partial charge in [-0.3, -0.25) is 9.59 Å². The molecule has 0 radical (unpaired) electrons. The van der Waals surface area contributed by atoms with Crippen LogP contribution in [0.1, 0.15) is 22.7 Å². The van der Waals surface area contributed by atoms with Crippen LogP contribution in [0.5, 0.6) is 0 Å². The van der Waals surface area contributed by atoms with E-state index in [4.69, 9.17) is 0 Å². The van der Waals surface area contributed by atoms with Crippen molar-refractivity contribution in [3.63, 3.8) is 0 Å². The maximum Gasteiger partial charge on any atom is 0.255 e. The van der Waals surface area contributed by atoms with Crippen molar-refractivity contribution < 1.29 is 4.79 Å². The Morgan fingerprint density at radius 3 is 2.57 bits per heavy atom. The van der Waals surface area contributed by atoms with Gasteiger partial charge in [0.2, 0.25) is 5.91 Å². The molecular formula is C23H25N3O2. The number of hydrogen-bond donors (Lipinski definition) is 2. The monoisotopic (exact) mass is 375 g/mol. The van der Waals surface area contributed by atoms with Gasteiger partial charge in [-0.05, 0) is 50.2 Å². The topological polar surface area (TPSA) is 65.2 Å². The van der Waals surface area contributed by atoms with Crippen LogP contribution in [-0.2, 0) is 4.79 Å². The maximum atomic E-state index is 12.3. The van der Waals surface area contributed by atoms with Crippen LogP contribution in [0, 0.1) is 6.92 Å². The molecule has 144 valence electrons. The lowest BCUT2D eigenvalue weighted by Crippen LogP contribution is -2.33. The third-order valence-electron chi connectivity index (χ3n) is 4.75. The van der Waals surface area contributed by atoms with Crippen LogP contribution >= 0.6 is 0 Å². The summed E-state index contributed by atoms with van der Waals surface area (Å²) >= 11 is 0. The molecule has 1 unspecified atom stereocenters. The standard InChI is InChI=1S/C23H25N3O2/c1-16-8-10-17(11-9-16)21(26(2)3)15-24-22(27)13-12-19-14-18-6-4-5-7-20(18)25-23(19)28/h4-14,21H,15H2,1-3H3,(H,24,27)(H,25,28)/b13-12+. The smallest absolute Gasteiger partial charge is 0.255 e. The lowest BCUT2D eigenvalue weighted by Gasteiger charge is -2.25. The molecule has 0 fully saturated rings. The molecule has 0 saturated carbocycles. The molecule has 0 spiro atoms. The molecule has 3 aromatic rings. The van der Waals surface area contributed by atoms with E-state index in [0.29, 0.717) is 12.1 Å². The Hall–Kier alpha value is -3.18. The molecule has 0 saturated heterocycles. The molecule has 1 heterocycles. The number of para-hydroxylation sites is 1. The number of amides is 1. The molecule has 5 nitrogen and oxygen atoms in total. The van der Waals surface area contributed by atoms with Crippen LogP contribution in [0.2, 0.25) is 0 Å². The van der Waals surface area contributed by atoms with Crippen LogP contribution in [0.3, 0.4) is 0 Å². The Kier molecular flexibility index (Phi) is 6.06. The van der Waals surface area contributed by atoms with Gasteiger partial charge in [-0.15, -0.1) is 0 Å². The highest BCUT2D eigenvalue weighted by Gasteiger charge is 2.14. The number of carbonyl (C=O) groups is 1. The summed E-state index contributed by atoms with van der Waals surface area (Å²) in [5.74, 6) is -0.230. The highest BCUT2D eigenvalue weighted by atomic mass is 16.1. The summed E-state index contributed by atoms with van der Waals surface area (Å²) in [4.78, 5) is 29.3. The molecule has 1 atom stereocenters. The normalized spacial score (nSPS) is 12.6. The first-order valence-corrected chi connectivity index (χ1v) is 9.25. The second-order valence-corrected chi connectivity index (χ2v) is 7.11. The van der Waals surface area contributed by atoms with Crippen molar-refractivity contribution >= 4 is 22.9 Å². The summed E-state index contributed by atoms with van der Waals surface area (Å²) in [6, 6.07) is 17.7. The lowest BCUT2D eigenvalue weighted by atomic mass is 10.0. The van der Waals surface area contributed by atoms with E-state index in [0.717, 1.165) is 16.5 Å². The number of hydrogen-bond acceptors (Lipinski definition) is 3. The van der Waals surface area contributed by atoms with Crippen LogP contribution in [-0.4, -0.2) is 36.4 Å². The van der Waals surface area contributed by atoms with Gasteiger partial charge in [-0.2, -0.15) is 0 Å². The molecule has 2 aromatic carbocycles. The summed E-state index contributed by atoms with van der Waals surface area (Å²) in [7, 11) is 3.97. The Morgan fingerprint density at radius 1 is 1.14 bits per heavy atom.